The molecule has 0 bridgehead atoms. The summed E-state index contributed by atoms with van der Waals surface area (Å²) in [6, 6.07) is 0.244. The van der Waals surface area contributed by atoms with Gasteiger partial charge in [0.2, 0.25) is 0 Å². The van der Waals surface area contributed by atoms with Crippen molar-refractivity contribution in [2.75, 3.05) is 54.4 Å². The van der Waals surface area contributed by atoms with Crippen LogP contribution in [-0.4, -0.2) is 82.3 Å². The summed E-state index contributed by atoms with van der Waals surface area (Å²) in [7, 11) is 3.47. The summed E-state index contributed by atoms with van der Waals surface area (Å²) in [6.07, 6.45) is 0. The first-order valence-corrected chi connectivity index (χ1v) is 6.80. The van der Waals surface area contributed by atoms with Crippen LogP contribution in [0.15, 0.2) is 0 Å². The summed E-state index contributed by atoms with van der Waals surface area (Å²) in [6.45, 7) is 3.28. The van der Waals surface area contributed by atoms with Gasteiger partial charge < -0.3 is 5.32 Å². The second-order valence-electron chi connectivity index (χ2n) is 4.41. The van der Waals surface area contributed by atoms with Gasteiger partial charge in [-0.15, -0.1) is 0 Å². The highest BCUT2D eigenvalue weighted by Gasteiger charge is 2.26. The average molecular weight is 250 g/mol. The van der Waals surface area contributed by atoms with E-state index in [1.165, 1.54) is 8.61 Å². The van der Waals surface area contributed by atoms with Crippen LogP contribution in [0.4, 0.5) is 0 Å². The third-order valence-electron chi connectivity index (χ3n) is 2.97. The quantitative estimate of drug-likeness (QED) is 0.669. The van der Waals surface area contributed by atoms with E-state index in [2.05, 4.69) is 10.2 Å². The van der Waals surface area contributed by atoms with Crippen molar-refractivity contribution in [3.05, 3.63) is 0 Å². The monoisotopic (exact) mass is 250 g/mol. The van der Waals surface area contributed by atoms with Gasteiger partial charge in [-0.1, -0.05) is 0 Å². The molecule has 0 amide bonds. The van der Waals surface area contributed by atoms with Gasteiger partial charge in [-0.05, 0) is 7.05 Å². The Kier molecular flexibility index (Phi) is 4.69. The van der Waals surface area contributed by atoms with E-state index in [1.807, 2.05) is 7.05 Å². The van der Waals surface area contributed by atoms with Gasteiger partial charge >= 0.3 is 0 Å². The normalized spacial score (nSPS) is 24.2. The summed E-state index contributed by atoms with van der Waals surface area (Å²) >= 11 is 0. The number of likely N-dealkylation sites (N-methyl/N-ethyl adjacent to an activating group) is 2. The van der Waals surface area contributed by atoms with Crippen LogP contribution in [0.5, 0.6) is 0 Å². The molecule has 0 aromatic heterocycles. The molecule has 1 aliphatic rings. The lowest BCUT2D eigenvalue weighted by Crippen LogP contribution is -2.55. The molecular formula is C9H22N4O2S. The van der Waals surface area contributed by atoms with Gasteiger partial charge in [0.15, 0.2) is 0 Å². The molecule has 16 heavy (non-hydrogen) atoms. The van der Waals surface area contributed by atoms with Crippen LogP contribution in [0, 0.1) is 0 Å². The maximum atomic E-state index is 11.8. The van der Waals surface area contributed by atoms with Gasteiger partial charge in [0.05, 0.1) is 0 Å². The van der Waals surface area contributed by atoms with Crippen molar-refractivity contribution < 1.29 is 8.42 Å². The summed E-state index contributed by atoms with van der Waals surface area (Å²) in [5, 5.41) is 3.27. The van der Waals surface area contributed by atoms with Gasteiger partial charge in [0.1, 0.15) is 0 Å². The van der Waals surface area contributed by atoms with Crippen molar-refractivity contribution in [3.63, 3.8) is 0 Å². The van der Waals surface area contributed by atoms with Gasteiger partial charge in [0.25, 0.3) is 10.2 Å². The van der Waals surface area contributed by atoms with E-state index in [9.17, 15) is 8.42 Å². The third kappa shape index (κ3) is 3.14. The fourth-order valence-corrected chi connectivity index (χ4v) is 2.65. The van der Waals surface area contributed by atoms with Gasteiger partial charge in [0, 0.05) is 53.4 Å². The van der Waals surface area contributed by atoms with Crippen LogP contribution in [-0.2, 0) is 10.2 Å². The van der Waals surface area contributed by atoms with E-state index >= 15 is 0 Å². The molecule has 1 heterocycles. The standard InChI is InChI=1S/C9H22N4O2S/c1-11(2)16(14,15)13(4)8-9-7-10-5-6-12(9)3/h9-10H,5-8H2,1-4H3. The second kappa shape index (κ2) is 5.42. The third-order valence-corrected chi connectivity index (χ3v) is 4.83. The maximum Gasteiger partial charge on any atom is 0.281 e. The number of nitrogens with one attached hydrogen (secondary N) is 1. The van der Waals surface area contributed by atoms with E-state index in [-0.39, 0.29) is 6.04 Å². The number of hydrogen-bond acceptors (Lipinski definition) is 4. The number of rotatable bonds is 4. The molecule has 0 aromatic rings. The summed E-state index contributed by atoms with van der Waals surface area (Å²) in [4.78, 5) is 2.19. The minimum absolute atomic E-state index is 0.244. The number of piperazine rings is 1. The molecule has 1 rings (SSSR count). The first kappa shape index (κ1) is 13.9. The molecule has 1 N–H and O–H groups in total. The zero-order chi connectivity index (χ0) is 12.3. The Morgan fingerprint density at radius 1 is 1.38 bits per heavy atom. The summed E-state index contributed by atoms with van der Waals surface area (Å²) in [5.74, 6) is 0. The van der Waals surface area contributed by atoms with Crippen molar-refractivity contribution in [3.8, 4) is 0 Å². The maximum absolute atomic E-state index is 11.8. The fraction of sp³-hybridized carbons (Fsp3) is 1.00. The highest BCUT2D eigenvalue weighted by atomic mass is 32.2. The van der Waals surface area contributed by atoms with E-state index in [0.717, 1.165) is 19.6 Å². The van der Waals surface area contributed by atoms with Crippen LogP contribution in [0.1, 0.15) is 0 Å². The number of nitrogens with zero attached hydrogens (tertiary/aromatic N) is 3. The molecule has 0 aliphatic carbocycles. The molecule has 96 valence electrons. The Balaban J connectivity index is 2.60. The Bertz CT molecular complexity index is 317. The smallest absolute Gasteiger partial charge is 0.281 e. The molecule has 7 heteroatoms. The predicted molar refractivity (Wildman–Crippen MR) is 64.5 cm³/mol. The van der Waals surface area contributed by atoms with Crippen molar-refractivity contribution in [1.82, 2.24) is 18.8 Å². The van der Waals surface area contributed by atoms with E-state index in [4.69, 9.17) is 0 Å². The van der Waals surface area contributed by atoms with Crippen molar-refractivity contribution in [2.45, 2.75) is 6.04 Å². The molecule has 1 fully saturated rings. The van der Waals surface area contributed by atoms with E-state index in [0.29, 0.717) is 6.54 Å². The molecule has 0 radical (unpaired) electrons. The zero-order valence-corrected chi connectivity index (χ0v) is 11.3. The minimum atomic E-state index is -3.29. The fourth-order valence-electron chi connectivity index (χ4n) is 1.74. The van der Waals surface area contributed by atoms with E-state index in [1.54, 1.807) is 21.1 Å². The van der Waals surface area contributed by atoms with Crippen LogP contribution >= 0.6 is 0 Å². The molecule has 1 aliphatic heterocycles. The van der Waals surface area contributed by atoms with Crippen molar-refractivity contribution in [2.24, 2.45) is 0 Å². The highest BCUT2D eigenvalue weighted by Crippen LogP contribution is 2.07. The lowest BCUT2D eigenvalue weighted by atomic mass is 10.2. The SMILES string of the molecule is CN1CCNCC1CN(C)S(=O)(=O)N(C)C. The Morgan fingerprint density at radius 2 is 2.00 bits per heavy atom. The highest BCUT2D eigenvalue weighted by molar-refractivity contribution is 7.86. The van der Waals surface area contributed by atoms with Crippen molar-refractivity contribution >= 4 is 10.2 Å². The Labute approximate surface area is 98.4 Å². The number of hydrogen-bond donors (Lipinski definition) is 1. The lowest BCUT2D eigenvalue weighted by molar-refractivity contribution is 0.177. The molecule has 0 aromatic carbocycles. The molecule has 0 saturated carbocycles. The molecular weight excluding hydrogens is 228 g/mol. The van der Waals surface area contributed by atoms with Crippen LogP contribution in [0.2, 0.25) is 0 Å². The molecule has 1 saturated heterocycles. The lowest BCUT2D eigenvalue weighted by Gasteiger charge is -2.35. The zero-order valence-electron chi connectivity index (χ0n) is 10.5. The first-order valence-electron chi connectivity index (χ1n) is 5.40. The summed E-state index contributed by atoms with van der Waals surface area (Å²) in [5.41, 5.74) is 0. The topological polar surface area (TPSA) is 55.9 Å². The molecule has 1 unspecified atom stereocenters. The van der Waals surface area contributed by atoms with E-state index < -0.39 is 10.2 Å². The summed E-state index contributed by atoms with van der Waals surface area (Å²) < 4.78 is 26.3. The molecule has 6 nitrogen and oxygen atoms in total. The second-order valence-corrected chi connectivity index (χ2v) is 6.66. The molecule has 1 atom stereocenters. The van der Waals surface area contributed by atoms with Gasteiger partial charge in [-0.3, -0.25) is 4.90 Å². The van der Waals surface area contributed by atoms with Crippen LogP contribution < -0.4 is 5.32 Å². The predicted octanol–water partition coefficient (Wildman–Crippen LogP) is -1.37. The first-order chi connectivity index (χ1) is 7.35. The minimum Gasteiger partial charge on any atom is -0.314 e. The van der Waals surface area contributed by atoms with Crippen molar-refractivity contribution in [1.29, 1.82) is 0 Å². The Morgan fingerprint density at radius 3 is 2.50 bits per heavy atom. The largest absolute Gasteiger partial charge is 0.314 e. The van der Waals surface area contributed by atoms with Gasteiger partial charge in [-0.2, -0.15) is 17.0 Å². The Hall–Kier alpha value is -0.210. The molecule has 0 spiro atoms. The average Bonchev–Trinajstić information content (AvgIpc) is 2.21. The van der Waals surface area contributed by atoms with Gasteiger partial charge in [-0.25, -0.2) is 0 Å². The van der Waals surface area contributed by atoms with Crippen LogP contribution in [0.25, 0.3) is 0 Å². The van der Waals surface area contributed by atoms with Crippen LogP contribution in [0.3, 0.4) is 0 Å².